The molecule has 0 fully saturated rings. The van der Waals surface area contributed by atoms with Crippen molar-refractivity contribution in [3.63, 3.8) is 0 Å². The predicted octanol–water partition coefficient (Wildman–Crippen LogP) is 14.6. The summed E-state index contributed by atoms with van der Waals surface area (Å²) < 4.78 is 16.7. The van der Waals surface area contributed by atoms with E-state index in [1.165, 1.54) is 148 Å². The fourth-order valence-electron chi connectivity index (χ4n) is 6.73. The molecule has 0 amide bonds. The van der Waals surface area contributed by atoms with Crippen LogP contribution in [0.15, 0.2) is 12.2 Å². The van der Waals surface area contributed by atoms with Gasteiger partial charge in [0.2, 0.25) is 0 Å². The van der Waals surface area contributed by atoms with Crippen LogP contribution in [-0.4, -0.2) is 37.2 Å². The van der Waals surface area contributed by atoms with Crippen molar-refractivity contribution in [1.29, 1.82) is 0 Å². The maximum Gasteiger partial charge on any atom is 0.306 e. The van der Waals surface area contributed by atoms with E-state index in [9.17, 15) is 14.4 Å². The number of unbranched alkanes of at least 4 members (excludes halogenated alkanes) is 29. The van der Waals surface area contributed by atoms with Crippen molar-refractivity contribution >= 4 is 17.9 Å². The molecule has 0 N–H and O–H groups in total. The molecule has 0 rings (SSSR count). The summed E-state index contributed by atoms with van der Waals surface area (Å²) in [7, 11) is 0. The number of esters is 3. The van der Waals surface area contributed by atoms with Crippen molar-refractivity contribution in [2.75, 3.05) is 13.2 Å². The molecule has 0 aliphatic carbocycles. The van der Waals surface area contributed by atoms with Gasteiger partial charge >= 0.3 is 17.9 Å². The molecule has 6 heteroatoms. The molecule has 1 atom stereocenters. The van der Waals surface area contributed by atoms with E-state index in [1.54, 1.807) is 0 Å². The van der Waals surface area contributed by atoms with Crippen LogP contribution in [0.25, 0.3) is 0 Å². The normalized spacial score (nSPS) is 12.0. The Morgan fingerprint density at radius 1 is 0.358 bits per heavy atom. The summed E-state index contributed by atoms with van der Waals surface area (Å²) >= 11 is 0. The summed E-state index contributed by atoms with van der Waals surface area (Å²) in [5, 5.41) is 0. The van der Waals surface area contributed by atoms with Gasteiger partial charge in [0, 0.05) is 19.3 Å². The molecule has 53 heavy (non-hydrogen) atoms. The summed E-state index contributed by atoms with van der Waals surface area (Å²) in [5.41, 5.74) is 0. The van der Waals surface area contributed by atoms with Gasteiger partial charge in [-0.3, -0.25) is 14.4 Å². The monoisotopic (exact) mass is 749 g/mol. The highest BCUT2D eigenvalue weighted by Crippen LogP contribution is 2.15. The van der Waals surface area contributed by atoms with Gasteiger partial charge in [0.15, 0.2) is 6.10 Å². The fraction of sp³-hybridized carbons (Fsp3) is 0.894. The molecular weight excluding hydrogens is 661 g/mol. The first-order valence-corrected chi connectivity index (χ1v) is 23.2. The van der Waals surface area contributed by atoms with Gasteiger partial charge in [-0.1, -0.05) is 200 Å². The third-order valence-electron chi connectivity index (χ3n) is 10.3. The van der Waals surface area contributed by atoms with E-state index in [4.69, 9.17) is 14.2 Å². The maximum atomic E-state index is 12.7. The predicted molar refractivity (Wildman–Crippen MR) is 224 cm³/mol. The average molecular weight is 749 g/mol. The number of allylic oxidation sites excluding steroid dienone is 2. The number of hydrogen-bond donors (Lipinski definition) is 0. The van der Waals surface area contributed by atoms with Gasteiger partial charge in [0.1, 0.15) is 13.2 Å². The Hall–Kier alpha value is -1.85. The lowest BCUT2D eigenvalue weighted by Gasteiger charge is -2.18. The van der Waals surface area contributed by atoms with E-state index >= 15 is 0 Å². The summed E-state index contributed by atoms with van der Waals surface area (Å²) in [4.78, 5) is 37.6. The number of rotatable bonds is 42. The first-order valence-electron chi connectivity index (χ1n) is 23.2. The number of ether oxygens (including phenoxy) is 3. The number of hydrogen-bond acceptors (Lipinski definition) is 6. The van der Waals surface area contributed by atoms with Gasteiger partial charge in [-0.2, -0.15) is 0 Å². The lowest BCUT2D eigenvalue weighted by Crippen LogP contribution is -2.30. The highest BCUT2D eigenvalue weighted by atomic mass is 16.6. The minimum Gasteiger partial charge on any atom is -0.462 e. The summed E-state index contributed by atoms with van der Waals surface area (Å²) in [6.07, 6.45) is 44.9. The topological polar surface area (TPSA) is 78.9 Å². The second kappa shape index (κ2) is 42.9. The van der Waals surface area contributed by atoms with Crippen LogP contribution in [0, 0.1) is 0 Å². The zero-order chi connectivity index (χ0) is 38.7. The highest BCUT2D eigenvalue weighted by molar-refractivity contribution is 5.71. The molecule has 0 saturated carbocycles. The van der Waals surface area contributed by atoms with Crippen LogP contribution in [0.5, 0.6) is 0 Å². The Labute approximate surface area is 329 Å². The summed E-state index contributed by atoms with van der Waals surface area (Å²) in [6.45, 7) is 6.58. The Kier molecular flexibility index (Phi) is 41.4. The lowest BCUT2D eigenvalue weighted by molar-refractivity contribution is -0.167. The molecule has 0 heterocycles. The second-order valence-electron chi connectivity index (χ2n) is 15.7. The van der Waals surface area contributed by atoms with Crippen molar-refractivity contribution in [2.24, 2.45) is 0 Å². The summed E-state index contributed by atoms with van der Waals surface area (Å²) in [5.74, 6) is -0.876. The van der Waals surface area contributed by atoms with Gasteiger partial charge in [-0.05, 0) is 44.9 Å². The zero-order valence-corrected chi connectivity index (χ0v) is 35.6. The van der Waals surface area contributed by atoms with Crippen molar-refractivity contribution < 1.29 is 28.6 Å². The van der Waals surface area contributed by atoms with Crippen LogP contribution in [-0.2, 0) is 28.6 Å². The van der Waals surface area contributed by atoms with E-state index in [0.717, 1.165) is 64.2 Å². The highest BCUT2D eigenvalue weighted by Gasteiger charge is 2.19. The van der Waals surface area contributed by atoms with E-state index in [2.05, 4.69) is 32.9 Å². The molecule has 0 aliphatic heterocycles. The van der Waals surface area contributed by atoms with Crippen LogP contribution >= 0.6 is 0 Å². The number of carbonyl (C=O) groups excluding carboxylic acids is 3. The molecular formula is C47H88O6. The molecule has 6 nitrogen and oxygen atoms in total. The molecule has 0 radical (unpaired) electrons. The van der Waals surface area contributed by atoms with Crippen molar-refractivity contribution in [3.05, 3.63) is 12.2 Å². The van der Waals surface area contributed by atoms with Gasteiger partial charge in [-0.25, -0.2) is 0 Å². The summed E-state index contributed by atoms with van der Waals surface area (Å²) in [6, 6.07) is 0. The van der Waals surface area contributed by atoms with Crippen LogP contribution in [0.3, 0.4) is 0 Å². The van der Waals surface area contributed by atoms with Crippen LogP contribution in [0.2, 0.25) is 0 Å². The Morgan fingerprint density at radius 3 is 0.981 bits per heavy atom. The second-order valence-corrected chi connectivity index (χ2v) is 15.7. The average Bonchev–Trinajstić information content (AvgIpc) is 3.15. The van der Waals surface area contributed by atoms with E-state index < -0.39 is 6.10 Å². The standard InChI is InChI=1S/C47H88O6/c1-4-7-10-13-16-18-20-22-23-24-25-27-28-31-34-37-40-46(49)52-43-44(42-51-45(48)39-36-33-30-15-12-9-6-3)53-47(50)41-38-35-32-29-26-21-19-17-14-11-8-5-2/h17,19,44H,4-16,18,20-43H2,1-3H3/b19-17-. The van der Waals surface area contributed by atoms with Gasteiger partial charge in [0.25, 0.3) is 0 Å². The Morgan fingerprint density at radius 2 is 0.623 bits per heavy atom. The number of carbonyl (C=O) groups is 3. The van der Waals surface area contributed by atoms with Crippen molar-refractivity contribution in [3.8, 4) is 0 Å². The molecule has 0 aliphatic rings. The first kappa shape index (κ1) is 51.1. The minimum atomic E-state index is -0.764. The van der Waals surface area contributed by atoms with Gasteiger partial charge in [-0.15, -0.1) is 0 Å². The largest absolute Gasteiger partial charge is 0.462 e. The van der Waals surface area contributed by atoms with Gasteiger partial charge < -0.3 is 14.2 Å². The minimum absolute atomic E-state index is 0.0693. The quantitative estimate of drug-likeness (QED) is 0.0268. The third-order valence-corrected chi connectivity index (χ3v) is 10.3. The molecule has 0 saturated heterocycles. The first-order chi connectivity index (χ1) is 26.0. The van der Waals surface area contributed by atoms with E-state index in [1.807, 2.05) is 0 Å². The van der Waals surface area contributed by atoms with Crippen LogP contribution < -0.4 is 0 Å². The molecule has 1 unspecified atom stereocenters. The van der Waals surface area contributed by atoms with Crippen LogP contribution in [0.1, 0.15) is 252 Å². The van der Waals surface area contributed by atoms with Crippen LogP contribution in [0.4, 0.5) is 0 Å². The molecule has 0 aromatic carbocycles. The van der Waals surface area contributed by atoms with E-state index in [0.29, 0.717) is 19.3 Å². The SMILES string of the molecule is CCCCC/C=C\CCCCCCCC(=O)OC(COC(=O)CCCCCCCCC)COC(=O)CCCCCCCCCCCCCCCCCC. The fourth-order valence-corrected chi connectivity index (χ4v) is 6.73. The molecule has 0 spiro atoms. The van der Waals surface area contributed by atoms with Crippen molar-refractivity contribution in [1.82, 2.24) is 0 Å². The van der Waals surface area contributed by atoms with Crippen molar-refractivity contribution in [2.45, 2.75) is 258 Å². The smallest absolute Gasteiger partial charge is 0.306 e. The lowest BCUT2D eigenvalue weighted by atomic mass is 10.0. The Bertz CT molecular complexity index is 824. The van der Waals surface area contributed by atoms with Gasteiger partial charge in [0.05, 0.1) is 0 Å². The zero-order valence-electron chi connectivity index (χ0n) is 35.6. The van der Waals surface area contributed by atoms with E-state index in [-0.39, 0.29) is 31.1 Å². The molecule has 312 valence electrons. The third kappa shape index (κ3) is 41.2. The molecule has 0 aromatic heterocycles. The Balaban J connectivity index is 4.25. The molecule has 0 aromatic rings. The molecule has 0 bridgehead atoms. The maximum absolute atomic E-state index is 12.7.